The van der Waals surface area contributed by atoms with Crippen molar-refractivity contribution >= 4 is 23.4 Å². The van der Waals surface area contributed by atoms with Gasteiger partial charge in [-0.15, -0.1) is 10.2 Å². The number of hydrogen-bond acceptors (Lipinski definition) is 6. The lowest BCUT2D eigenvalue weighted by Crippen LogP contribution is -2.19. The highest BCUT2D eigenvalue weighted by molar-refractivity contribution is 8.00. The number of fused-ring (bicyclic) bond motifs is 1. The van der Waals surface area contributed by atoms with Crippen LogP contribution in [0.2, 0.25) is 0 Å². The number of carbonyl (C=O) groups excluding carboxylic acids is 1. The smallest absolute Gasteiger partial charge is 0.319 e. The molecule has 0 aliphatic rings. The molecule has 0 saturated carbocycles. The number of benzene rings is 1. The quantitative estimate of drug-likeness (QED) is 0.497. The minimum Gasteiger partial charge on any atom is -0.465 e. The molecule has 0 fully saturated rings. The molecule has 0 radical (unpaired) electrons. The summed E-state index contributed by atoms with van der Waals surface area (Å²) < 4.78 is 6.84. The van der Waals surface area contributed by atoms with Crippen molar-refractivity contribution < 1.29 is 9.53 Å². The second-order valence-corrected chi connectivity index (χ2v) is 6.82. The third kappa shape index (κ3) is 3.82. The standard InChI is InChI=1S/C18H20N4O2S/c1-4-14(18(23)24-5-2)25-16-11-10-15-19-20-17(22(15)21-16)13-8-6-12(3)7-9-13/h6-11,14H,4-5H2,1-3H3. The van der Waals surface area contributed by atoms with Gasteiger partial charge in [-0.25, -0.2) is 0 Å². The molecule has 3 aromatic rings. The van der Waals surface area contributed by atoms with Gasteiger partial charge in [0.15, 0.2) is 11.5 Å². The molecule has 1 aromatic carbocycles. The maximum absolute atomic E-state index is 12.0. The molecule has 0 amide bonds. The van der Waals surface area contributed by atoms with Crippen LogP contribution in [-0.2, 0) is 9.53 Å². The topological polar surface area (TPSA) is 69.4 Å². The van der Waals surface area contributed by atoms with Crippen molar-refractivity contribution in [3.8, 4) is 11.4 Å². The zero-order chi connectivity index (χ0) is 17.8. The number of aromatic nitrogens is 4. The summed E-state index contributed by atoms with van der Waals surface area (Å²) in [6.07, 6.45) is 0.677. The number of ether oxygens (including phenoxy) is 1. The van der Waals surface area contributed by atoms with Gasteiger partial charge in [0.25, 0.3) is 0 Å². The van der Waals surface area contributed by atoms with Crippen LogP contribution in [0.25, 0.3) is 17.0 Å². The summed E-state index contributed by atoms with van der Waals surface area (Å²) in [4.78, 5) is 12.0. The van der Waals surface area contributed by atoms with Gasteiger partial charge in [0, 0.05) is 5.56 Å². The first-order valence-corrected chi connectivity index (χ1v) is 9.13. The van der Waals surface area contributed by atoms with Crippen molar-refractivity contribution in [1.29, 1.82) is 0 Å². The molecule has 25 heavy (non-hydrogen) atoms. The summed E-state index contributed by atoms with van der Waals surface area (Å²) in [5, 5.41) is 13.5. The van der Waals surface area contributed by atoms with E-state index in [1.54, 1.807) is 4.52 Å². The fourth-order valence-electron chi connectivity index (χ4n) is 2.40. The fraction of sp³-hybridized carbons (Fsp3) is 0.333. The summed E-state index contributed by atoms with van der Waals surface area (Å²) in [5.74, 6) is 0.473. The van der Waals surface area contributed by atoms with Crippen molar-refractivity contribution in [3.05, 3.63) is 42.0 Å². The van der Waals surface area contributed by atoms with Crippen molar-refractivity contribution in [1.82, 2.24) is 19.8 Å². The average molecular weight is 356 g/mol. The van der Waals surface area contributed by atoms with Gasteiger partial charge >= 0.3 is 5.97 Å². The van der Waals surface area contributed by atoms with Crippen LogP contribution >= 0.6 is 11.8 Å². The summed E-state index contributed by atoms with van der Waals surface area (Å²) in [6, 6.07) is 11.8. The predicted molar refractivity (Wildman–Crippen MR) is 97.5 cm³/mol. The Morgan fingerprint density at radius 2 is 1.92 bits per heavy atom. The average Bonchev–Trinajstić information content (AvgIpc) is 3.03. The normalized spacial score (nSPS) is 12.3. The maximum atomic E-state index is 12.0. The second-order valence-electron chi connectivity index (χ2n) is 5.60. The maximum Gasteiger partial charge on any atom is 0.319 e. The Morgan fingerprint density at radius 1 is 1.16 bits per heavy atom. The largest absolute Gasteiger partial charge is 0.465 e. The summed E-state index contributed by atoms with van der Waals surface area (Å²) in [5.41, 5.74) is 2.80. The van der Waals surface area contributed by atoms with Crippen LogP contribution in [0.5, 0.6) is 0 Å². The van der Waals surface area contributed by atoms with Gasteiger partial charge in [-0.1, -0.05) is 48.5 Å². The van der Waals surface area contributed by atoms with E-state index in [-0.39, 0.29) is 11.2 Å². The summed E-state index contributed by atoms with van der Waals surface area (Å²) in [7, 11) is 0. The summed E-state index contributed by atoms with van der Waals surface area (Å²) >= 11 is 1.40. The highest BCUT2D eigenvalue weighted by Crippen LogP contribution is 2.26. The molecular weight excluding hydrogens is 336 g/mol. The number of hydrogen-bond donors (Lipinski definition) is 0. The molecule has 0 aliphatic heterocycles. The van der Waals surface area contributed by atoms with E-state index in [1.165, 1.54) is 17.3 Å². The van der Waals surface area contributed by atoms with Gasteiger partial charge < -0.3 is 4.74 Å². The number of nitrogens with zero attached hydrogens (tertiary/aromatic N) is 4. The third-order valence-corrected chi connectivity index (χ3v) is 5.00. The van der Waals surface area contributed by atoms with Crippen molar-refractivity contribution in [3.63, 3.8) is 0 Å². The van der Waals surface area contributed by atoms with E-state index in [0.717, 1.165) is 10.6 Å². The zero-order valence-corrected chi connectivity index (χ0v) is 15.3. The zero-order valence-electron chi connectivity index (χ0n) is 14.5. The van der Waals surface area contributed by atoms with Crippen LogP contribution in [0.4, 0.5) is 0 Å². The molecule has 3 rings (SSSR count). The molecular formula is C18H20N4O2S. The van der Waals surface area contributed by atoms with E-state index in [2.05, 4.69) is 15.3 Å². The van der Waals surface area contributed by atoms with Crippen LogP contribution in [0.1, 0.15) is 25.8 Å². The summed E-state index contributed by atoms with van der Waals surface area (Å²) in [6.45, 7) is 6.19. The van der Waals surface area contributed by atoms with E-state index in [4.69, 9.17) is 4.74 Å². The molecule has 2 aromatic heterocycles. The molecule has 0 spiro atoms. The van der Waals surface area contributed by atoms with E-state index >= 15 is 0 Å². The molecule has 1 atom stereocenters. The highest BCUT2D eigenvalue weighted by atomic mass is 32.2. The van der Waals surface area contributed by atoms with Gasteiger partial charge in [-0.2, -0.15) is 9.61 Å². The first kappa shape index (κ1) is 17.4. The van der Waals surface area contributed by atoms with Crippen molar-refractivity contribution in [2.24, 2.45) is 0 Å². The Balaban J connectivity index is 1.92. The van der Waals surface area contributed by atoms with Gasteiger partial charge in [0.05, 0.1) is 6.61 Å². The Kier molecular flexibility index (Phi) is 5.33. The Hall–Kier alpha value is -2.41. The van der Waals surface area contributed by atoms with E-state index in [0.29, 0.717) is 24.5 Å². The Morgan fingerprint density at radius 3 is 2.60 bits per heavy atom. The lowest BCUT2D eigenvalue weighted by Gasteiger charge is -2.12. The molecule has 7 heteroatoms. The molecule has 6 nitrogen and oxygen atoms in total. The number of aryl methyl sites for hydroxylation is 1. The number of thioether (sulfide) groups is 1. The molecule has 2 heterocycles. The molecule has 130 valence electrons. The van der Waals surface area contributed by atoms with Crippen LogP contribution in [0, 0.1) is 6.92 Å². The van der Waals surface area contributed by atoms with Gasteiger partial charge in [0.2, 0.25) is 0 Å². The lowest BCUT2D eigenvalue weighted by molar-refractivity contribution is -0.142. The minimum absolute atomic E-state index is 0.209. The van der Waals surface area contributed by atoms with Gasteiger partial charge in [0.1, 0.15) is 10.3 Å². The lowest BCUT2D eigenvalue weighted by atomic mass is 10.1. The third-order valence-electron chi connectivity index (χ3n) is 3.73. The van der Waals surface area contributed by atoms with Crippen LogP contribution in [0.15, 0.2) is 41.4 Å². The molecule has 0 aliphatic carbocycles. The molecule has 0 N–H and O–H groups in total. The van der Waals surface area contributed by atoms with Gasteiger partial charge in [-0.3, -0.25) is 4.79 Å². The molecule has 0 bridgehead atoms. The van der Waals surface area contributed by atoms with E-state index in [9.17, 15) is 4.79 Å². The monoisotopic (exact) mass is 356 g/mol. The number of esters is 1. The van der Waals surface area contributed by atoms with Crippen molar-refractivity contribution in [2.75, 3.05) is 6.61 Å². The van der Waals surface area contributed by atoms with Crippen LogP contribution in [0.3, 0.4) is 0 Å². The Labute approximate surface area is 150 Å². The van der Waals surface area contributed by atoms with E-state index < -0.39 is 0 Å². The predicted octanol–water partition coefficient (Wildman–Crippen LogP) is 3.53. The number of rotatable bonds is 6. The molecule has 0 saturated heterocycles. The number of carbonyl (C=O) groups is 1. The SMILES string of the molecule is CCOC(=O)C(CC)Sc1ccc2nnc(-c3ccc(C)cc3)n2n1. The fourth-order valence-corrected chi connectivity index (χ4v) is 3.29. The highest BCUT2D eigenvalue weighted by Gasteiger charge is 2.20. The first-order valence-electron chi connectivity index (χ1n) is 8.25. The van der Waals surface area contributed by atoms with Gasteiger partial charge in [-0.05, 0) is 32.4 Å². The van der Waals surface area contributed by atoms with E-state index in [1.807, 2.05) is 57.2 Å². The Bertz CT molecular complexity index is 876. The van der Waals surface area contributed by atoms with Crippen LogP contribution in [-0.4, -0.2) is 37.6 Å². The first-order chi connectivity index (χ1) is 12.1. The minimum atomic E-state index is -0.274. The van der Waals surface area contributed by atoms with Crippen LogP contribution < -0.4 is 0 Å². The molecule has 1 unspecified atom stereocenters. The second kappa shape index (κ2) is 7.65. The van der Waals surface area contributed by atoms with Crippen molar-refractivity contribution in [2.45, 2.75) is 37.5 Å².